The van der Waals surface area contributed by atoms with Crippen molar-refractivity contribution in [3.05, 3.63) is 35.9 Å². The van der Waals surface area contributed by atoms with Crippen LogP contribution < -0.4 is 5.32 Å². The first-order chi connectivity index (χ1) is 9.13. The van der Waals surface area contributed by atoms with Crippen molar-refractivity contribution in [1.82, 2.24) is 10.2 Å². The number of amides is 1. The van der Waals surface area contributed by atoms with Gasteiger partial charge in [0.05, 0.1) is 13.0 Å². The maximum absolute atomic E-state index is 11.9. The first kappa shape index (κ1) is 15.2. The minimum atomic E-state index is -0.864. The van der Waals surface area contributed by atoms with Gasteiger partial charge in [-0.05, 0) is 12.5 Å². The summed E-state index contributed by atoms with van der Waals surface area (Å²) >= 11 is 0. The van der Waals surface area contributed by atoms with E-state index in [1.807, 2.05) is 37.3 Å². The lowest BCUT2D eigenvalue weighted by Gasteiger charge is -2.21. The molecule has 0 aromatic heterocycles. The number of hydrogen-bond donors (Lipinski definition) is 2. The van der Waals surface area contributed by atoms with Gasteiger partial charge in [-0.2, -0.15) is 0 Å². The van der Waals surface area contributed by atoms with Crippen molar-refractivity contribution in [1.29, 1.82) is 0 Å². The first-order valence-electron chi connectivity index (χ1n) is 6.37. The number of aliphatic carboxylic acids is 1. The quantitative estimate of drug-likeness (QED) is 0.690. The van der Waals surface area contributed by atoms with Crippen LogP contribution in [0.2, 0.25) is 0 Å². The third-order valence-electron chi connectivity index (χ3n) is 2.74. The smallest absolute Gasteiger partial charge is 0.304 e. The van der Waals surface area contributed by atoms with E-state index in [0.29, 0.717) is 19.6 Å². The summed E-state index contributed by atoms with van der Waals surface area (Å²) in [7, 11) is 0. The number of rotatable bonds is 8. The molecule has 19 heavy (non-hydrogen) atoms. The molecule has 0 fully saturated rings. The summed E-state index contributed by atoms with van der Waals surface area (Å²) < 4.78 is 0. The molecule has 0 aliphatic rings. The number of hydrogen-bond acceptors (Lipinski definition) is 3. The fourth-order valence-corrected chi connectivity index (χ4v) is 1.68. The van der Waals surface area contributed by atoms with Gasteiger partial charge in [-0.15, -0.1) is 0 Å². The van der Waals surface area contributed by atoms with Gasteiger partial charge in [0.1, 0.15) is 0 Å². The molecule has 1 amide bonds. The van der Waals surface area contributed by atoms with Gasteiger partial charge < -0.3 is 15.3 Å². The van der Waals surface area contributed by atoms with Crippen LogP contribution in [0.5, 0.6) is 0 Å². The van der Waals surface area contributed by atoms with Crippen molar-refractivity contribution in [3.8, 4) is 0 Å². The number of carboxylic acid groups (broad SMARTS) is 1. The van der Waals surface area contributed by atoms with Gasteiger partial charge in [-0.25, -0.2) is 0 Å². The second kappa shape index (κ2) is 8.26. The van der Waals surface area contributed by atoms with Gasteiger partial charge in [0.25, 0.3) is 0 Å². The number of carboxylic acids is 1. The van der Waals surface area contributed by atoms with Crippen molar-refractivity contribution >= 4 is 11.9 Å². The van der Waals surface area contributed by atoms with Gasteiger partial charge in [-0.1, -0.05) is 30.3 Å². The Morgan fingerprint density at radius 1 is 1.26 bits per heavy atom. The van der Waals surface area contributed by atoms with Gasteiger partial charge >= 0.3 is 5.97 Å². The van der Waals surface area contributed by atoms with E-state index >= 15 is 0 Å². The Labute approximate surface area is 113 Å². The monoisotopic (exact) mass is 264 g/mol. The fraction of sp³-hybridized carbons (Fsp3) is 0.429. The molecule has 1 rings (SSSR count). The van der Waals surface area contributed by atoms with Gasteiger partial charge in [0, 0.05) is 19.6 Å². The zero-order chi connectivity index (χ0) is 14.1. The molecular formula is C14H20N2O3. The molecule has 0 unspecified atom stereocenters. The molecule has 0 saturated carbocycles. The van der Waals surface area contributed by atoms with Gasteiger partial charge in [0.15, 0.2) is 0 Å². The average Bonchev–Trinajstić information content (AvgIpc) is 2.41. The second-order valence-electron chi connectivity index (χ2n) is 4.21. The van der Waals surface area contributed by atoms with Crippen LogP contribution in [0.3, 0.4) is 0 Å². The molecule has 2 N–H and O–H groups in total. The van der Waals surface area contributed by atoms with Crippen molar-refractivity contribution in [2.24, 2.45) is 0 Å². The lowest BCUT2D eigenvalue weighted by molar-refractivity contribution is -0.137. The number of carbonyl (C=O) groups is 2. The predicted octanol–water partition coefficient (Wildman–Crippen LogP) is 1.10. The second-order valence-corrected chi connectivity index (χ2v) is 4.21. The summed E-state index contributed by atoms with van der Waals surface area (Å²) in [6.45, 7) is 3.63. The van der Waals surface area contributed by atoms with Crippen LogP contribution in [0, 0.1) is 0 Å². The lowest BCUT2D eigenvalue weighted by atomic mass is 10.2. The minimum absolute atomic E-state index is 0.0169. The molecule has 0 atom stereocenters. The Morgan fingerprint density at radius 2 is 1.95 bits per heavy atom. The van der Waals surface area contributed by atoms with Gasteiger partial charge in [-0.3, -0.25) is 9.59 Å². The Bertz CT molecular complexity index is 406. The van der Waals surface area contributed by atoms with Crippen LogP contribution in [0.4, 0.5) is 0 Å². The Kier molecular flexibility index (Phi) is 6.60. The summed E-state index contributed by atoms with van der Waals surface area (Å²) in [4.78, 5) is 24.0. The normalized spacial score (nSPS) is 10.2. The SMILES string of the molecule is CCN(Cc1ccccc1)C(=O)CNCCC(=O)O. The summed E-state index contributed by atoms with van der Waals surface area (Å²) in [6, 6.07) is 9.79. The number of benzene rings is 1. The van der Waals surface area contributed by atoms with Crippen LogP contribution in [0.15, 0.2) is 30.3 Å². The zero-order valence-corrected chi connectivity index (χ0v) is 11.1. The first-order valence-corrected chi connectivity index (χ1v) is 6.37. The van der Waals surface area contributed by atoms with E-state index in [-0.39, 0.29) is 18.9 Å². The Hall–Kier alpha value is -1.88. The topological polar surface area (TPSA) is 69.6 Å². The maximum atomic E-state index is 11.9. The average molecular weight is 264 g/mol. The fourth-order valence-electron chi connectivity index (χ4n) is 1.68. The molecule has 0 spiro atoms. The lowest BCUT2D eigenvalue weighted by Crippen LogP contribution is -2.38. The molecule has 0 heterocycles. The highest BCUT2D eigenvalue weighted by Crippen LogP contribution is 2.04. The highest BCUT2D eigenvalue weighted by molar-refractivity contribution is 5.78. The number of likely N-dealkylation sites (N-methyl/N-ethyl adjacent to an activating group) is 1. The summed E-state index contributed by atoms with van der Waals surface area (Å²) in [5, 5.41) is 11.3. The van der Waals surface area contributed by atoms with E-state index < -0.39 is 5.97 Å². The Balaban J connectivity index is 2.37. The highest BCUT2D eigenvalue weighted by Gasteiger charge is 2.11. The summed E-state index contributed by atoms with van der Waals surface area (Å²) in [5.74, 6) is -0.881. The summed E-state index contributed by atoms with van der Waals surface area (Å²) in [5.41, 5.74) is 1.09. The van der Waals surface area contributed by atoms with Crippen LogP contribution in [-0.2, 0) is 16.1 Å². The Morgan fingerprint density at radius 3 is 2.53 bits per heavy atom. The van der Waals surface area contributed by atoms with E-state index in [0.717, 1.165) is 5.56 Å². The maximum Gasteiger partial charge on any atom is 0.304 e. The summed E-state index contributed by atoms with van der Waals surface area (Å²) in [6.07, 6.45) is 0.0259. The minimum Gasteiger partial charge on any atom is -0.481 e. The van der Waals surface area contributed by atoms with Crippen molar-refractivity contribution in [2.75, 3.05) is 19.6 Å². The molecule has 0 bridgehead atoms. The van der Waals surface area contributed by atoms with E-state index in [1.54, 1.807) is 4.90 Å². The number of nitrogens with zero attached hydrogens (tertiary/aromatic N) is 1. The van der Waals surface area contributed by atoms with Crippen LogP contribution in [0.25, 0.3) is 0 Å². The standard InChI is InChI=1S/C14H20N2O3/c1-2-16(11-12-6-4-3-5-7-12)13(17)10-15-9-8-14(18)19/h3-7,15H,2,8-11H2,1H3,(H,18,19). The van der Waals surface area contributed by atoms with E-state index in [2.05, 4.69) is 5.32 Å². The molecule has 0 aliphatic heterocycles. The molecule has 0 saturated heterocycles. The van der Waals surface area contributed by atoms with Crippen LogP contribution >= 0.6 is 0 Å². The zero-order valence-electron chi connectivity index (χ0n) is 11.1. The van der Waals surface area contributed by atoms with Crippen LogP contribution in [0.1, 0.15) is 18.9 Å². The van der Waals surface area contributed by atoms with Crippen molar-refractivity contribution < 1.29 is 14.7 Å². The van der Waals surface area contributed by atoms with Crippen molar-refractivity contribution in [3.63, 3.8) is 0 Å². The van der Waals surface area contributed by atoms with Crippen molar-refractivity contribution in [2.45, 2.75) is 19.9 Å². The molecule has 0 radical (unpaired) electrons. The predicted molar refractivity (Wildman–Crippen MR) is 72.7 cm³/mol. The van der Waals surface area contributed by atoms with E-state index in [9.17, 15) is 9.59 Å². The molecule has 0 aliphatic carbocycles. The van der Waals surface area contributed by atoms with E-state index in [1.165, 1.54) is 0 Å². The number of nitrogens with one attached hydrogen (secondary N) is 1. The highest BCUT2D eigenvalue weighted by atomic mass is 16.4. The molecule has 1 aromatic rings. The number of carbonyl (C=O) groups excluding carboxylic acids is 1. The third kappa shape index (κ3) is 6.01. The van der Waals surface area contributed by atoms with E-state index in [4.69, 9.17) is 5.11 Å². The molecular weight excluding hydrogens is 244 g/mol. The van der Waals surface area contributed by atoms with Crippen LogP contribution in [-0.4, -0.2) is 41.5 Å². The molecule has 5 heteroatoms. The largest absolute Gasteiger partial charge is 0.481 e. The third-order valence-corrected chi connectivity index (χ3v) is 2.74. The van der Waals surface area contributed by atoms with Gasteiger partial charge in [0.2, 0.25) is 5.91 Å². The molecule has 1 aromatic carbocycles. The molecule has 104 valence electrons. The molecule has 5 nitrogen and oxygen atoms in total.